The third-order valence-corrected chi connectivity index (χ3v) is 5.30. The van der Waals surface area contributed by atoms with Crippen LogP contribution in [-0.4, -0.2) is 47.0 Å². The molecule has 6 heteroatoms. The van der Waals surface area contributed by atoms with Gasteiger partial charge in [0, 0.05) is 51.0 Å². The number of hydrogen-bond donors (Lipinski definition) is 0. The predicted molar refractivity (Wildman–Crippen MR) is 108 cm³/mol. The van der Waals surface area contributed by atoms with Crippen LogP contribution < -0.4 is 0 Å². The van der Waals surface area contributed by atoms with Crippen LogP contribution in [0.3, 0.4) is 0 Å². The number of ketones is 1. The van der Waals surface area contributed by atoms with E-state index in [1.807, 2.05) is 31.2 Å². The molecule has 1 aliphatic rings. The zero-order chi connectivity index (χ0) is 20.8. The Balaban J connectivity index is 1.53. The number of aryl methyl sites for hydroxylation is 1. The number of benzene rings is 2. The molecule has 2 amide bonds. The highest BCUT2D eigenvalue weighted by Crippen LogP contribution is 2.15. The minimum Gasteiger partial charge on any atom is -0.340 e. The third-order valence-electron chi connectivity index (χ3n) is 5.30. The molecule has 0 aliphatic carbocycles. The largest absolute Gasteiger partial charge is 0.340 e. The van der Waals surface area contributed by atoms with Crippen molar-refractivity contribution in [3.8, 4) is 0 Å². The van der Waals surface area contributed by atoms with Gasteiger partial charge in [0.2, 0.25) is 11.8 Å². The first-order valence-corrected chi connectivity index (χ1v) is 9.83. The lowest BCUT2D eigenvalue weighted by Gasteiger charge is -2.23. The van der Waals surface area contributed by atoms with Gasteiger partial charge < -0.3 is 9.80 Å². The maximum Gasteiger partial charge on any atom is 0.224 e. The van der Waals surface area contributed by atoms with Crippen molar-refractivity contribution in [1.82, 2.24) is 9.80 Å². The van der Waals surface area contributed by atoms with Gasteiger partial charge in [0.05, 0.1) is 0 Å². The molecule has 3 rings (SSSR count). The minimum absolute atomic E-state index is 0.0333. The van der Waals surface area contributed by atoms with Crippen molar-refractivity contribution in [3.05, 3.63) is 71.0 Å². The molecule has 0 saturated carbocycles. The zero-order valence-corrected chi connectivity index (χ0v) is 16.6. The lowest BCUT2D eigenvalue weighted by atomic mass is 10.1. The van der Waals surface area contributed by atoms with E-state index in [0.29, 0.717) is 31.7 Å². The summed E-state index contributed by atoms with van der Waals surface area (Å²) in [5.41, 5.74) is 2.64. The second-order valence-electron chi connectivity index (χ2n) is 7.30. The monoisotopic (exact) mass is 396 g/mol. The van der Waals surface area contributed by atoms with Gasteiger partial charge in [-0.2, -0.15) is 0 Å². The summed E-state index contributed by atoms with van der Waals surface area (Å²) >= 11 is 0. The van der Waals surface area contributed by atoms with E-state index in [4.69, 9.17) is 0 Å². The summed E-state index contributed by atoms with van der Waals surface area (Å²) in [6.07, 6.45) is 0.438. The van der Waals surface area contributed by atoms with Gasteiger partial charge >= 0.3 is 0 Å². The molecule has 1 heterocycles. The number of nitrogens with zero attached hydrogens (tertiary/aromatic N) is 2. The van der Waals surface area contributed by atoms with Crippen molar-refractivity contribution in [2.24, 2.45) is 0 Å². The van der Waals surface area contributed by atoms with Gasteiger partial charge in [0.25, 0.3) is 0 Å². The van der Waals surface area contributed by atoms with Gasteiger partial charge in [-0.1, -0.05) is 24.3 Å². The van der Waals surface area contributed by atoms with Crippen LogP contribution in [-0.2, 0) is 16.1 Å². The lowest BCUT2D eigenvalue weighted by molar-refractivity contribution is -0.131. The third kappa shape index (κ3) is 5.50. The number of hydrogen-bond acceptors (Lipinski definition) is 3. The van der Waals surface area contributed by atoms with Gasteiger partial charge in [-0.25, -0.2) is 4.39 Å². The molecule has 0 bridgehead atoms. The Bertz CT molecular complexity index is 895. The number of amides is 2. The molecule has 1 fully saturated rings. The second kappa shape index (κ2) is 9.45. The van der Waals surface area contributed by atoms with E-state index in [9.17, 15) is 18.8 Å². The van der Waals surface area contributed by atoms with Crippen molar-refractivity contribution >= 4 is 17.6 Å². The molecular formula is C23H25FN2O3. The second-order valence-corrected chi connectivity index (χ2v) is 7.30. The standard InChI is InChI=1S/C23H25FN2O3/c1-17-4-2-3-5-19(17)16-26-15-14-25(13-12-23(26)29)22(28)11-10-21(27)18-6-8-20(24)9-7-18/h2-9H,10-16H2,1H3. The fourth-order valence-electron chi connectivity index (χ4n) is 3.44. The summed E-state index contributed by atoms with van der Waals surface area (Å²) in [5, 5.41) is 0. The molecule has 0 spiro atoms. The van der Waals surface area contributed by atoms with Crippen LogP contribution in [0.15, 0.2) is 48.5 Å². The van der Waals surface area contributed by atoms with Crippen LogP contribution in [0, 0.1) is 12.7 Å². The highest BCUT2D eigenvalue weighted by atomic mass is 19.1. The molecule has 0 unspecified atom stereocenters. The summed E-state index contributed by atoms with van der Waals surface area (Å²) in [7, 11) is 0. The summed E-state index contributed by atoms with van der Waals surface area (Å²) in [6, 6.07) is 13.3. The van der Waals surface area contributed by atoms with Gasteiger partial charge in [-0.05, 0) is 42.3 Å². The Kier molecular flexibility index (Phi) is 6.75. The maximum atomic E-state index is 13.0. The van der Waals surface area contributed by atoms with Crippen LogP contribution in [0.4, 0.5) is 4.39 Å². The van der Waals surface area contributed by atoms with Gasteiger partial charge in [0.15, 0.2) is 5.78 Å². The van der Waals surface area contributed by atoms with E-state index in [1.54, 1.807) is 9.80 Å². The molecule has 29 heavy (non-hydrogen) atoms. The summed E-state index contributed by atoms with van der Waals surface area (Å²) in [6.45, 7) is 3.86. The summed E-state index contributed by atoms with van der Waals surface area (Å²) in [5.74, 6) is -0.690. The number of halogens is 1. The summed E-state index contributed by atoms with van der Waals surface area (Å²) in [4.78, 5) is 40.7. The molecule has 1 aliphatic heterocycles. The Morgan fingerprint density at radius 2 is 1.69 bits per heavy atom. The first-order valence-electron chi connectivity index (χ1n) is 9.83. The summed E-state index contributed by atoms with van der Waals surface area (Å²) < 4.78 is 13.0. The van der Waals surface area contributed by atoms with E-state index in [0.717, 1.165) is 11.1 Å². The van der Waals surface area contributed by atoms with Crippen LogP contribution >= 0.6 is 0 Å². The van der Waals surface area contributed by atoms with Crippen molar-refractivity contribution in [2.45, 2.75) is 32.7 Å². The van der Waals surface area contributed by atoms with Gasteiger partial charge in [-0.15, -0.1) is 0 Å². The molecule has 1 saturated heterocycles. The minimum atomic E-state index is -0.401. The van der Waals surface area contributed by atoms with Crippen LogP contribution in [0.5, 0.6) is 0 Å². The zero-order valence-electron chi connectivity index (χ0n) is 16.6. The van der Waals surface area contributed by atoms with Crippen molar-refractivity contribution < 1.29 is 18.8 Å². The molecule has 0 aromatic heterocycles. The van der Waals surface area contributed by atoms with Crippen LogP contribution in [0.2, 0.25) is 0 Å². The number of carbonyl (C=O) groups excluding carboxylic acids is 3. The van der Waals surface area contributed by atoms with E-state index in [2.05, 4.69) is 0 Å². The molecule has 2 aromatic carbocycles. The molecule has 2 aromatic rings. The molecule has 0 N–H and O–H groups in total. The topological polar surface area (TPSA) is 57.7 Å². The van der Waals surface area contributed by atoms with Crippen LogP contribution in [0.25, 0.3) is 0 Å². The fourth-order valence-corrected chi connectivity index (χ4v) is 3.44. The Morgan fingerprint density at radius 3 is 2.41 bits per heavy atom. The SMILES string of the molecule is Cc1ccccc1CN1CCN(C(=O)CCC(=O)c2ccc(F)cc2)CCC1=O. The van der Waals surface area contributed by atoms with Crippen molar-refractivity contribution in [2.75, 3.05) is 19.6 Å². The highest BCUT2D eigenvalue weighted by molar-refractivity contribution is 5.98. The average Bonchev–Trinajstić information content (AvgIpc) is 2.90. The first kappa shape index (κ1) is 20.7. The van der Waals surface area contributed by atoms with Gasteiger partial charge in [-0.3, -0.25) is 14.4 Å². The Morgan fingerprint density at radius 1 is 0.966 bits per heavy atom. The number of Topliss-reactive ketones (excluding diaryl/α,β-unsaturated/α-hetero) is 1. The molecule has 5 nitrogen and oxygen atoms in total. The molecule has 152 valence electrons. The van der Waals surface area contributed by atoms with E-state index in [-0.39, 0.29) is 36.9 Å². The first-order chi connectivity index (χ1) is 13.9. The van der Waals surface area contributed by atoms with E-state index in [1.165, 1.54) is 24.3 Å². The highest BCUT2D eigenvalue weighted by Gasteiger charge is 2.24. The lowest BCUT2D eigenvalue weighted by Crippen LogP contribution is -2.35. The van der Waals surface area contributed by atoms with Gasteiger partial charge in [0.1, 0.15) is 5.82 Å². The van der Waals surface area contributed by atoms with Crippen molar-refractivity contribution in [3.63, 3.8) is 0 Å². The fraction of sp³-hybridized carbons (Fsp3) is 0.348. The Labute approximate surface area is 170 Å². The quantitative estimate of drug-likeness (QED) is 0.704. The van der Waals surface area contributed by atoms with Crippen molar-refractivity contribution in [1.29, 1.82) is 0 Å². The molecular weight excluding hydrogens is 371 g/mol. The van der Waals surface area contributed by atoms with E-state index >= 15 is 0 Å². The maximum absolute atomic E-state index is 13.0. The molecule has 0 radical (unpaired) electrons. The number of carbonyl (C=O) groups is 3. The predicted octanol–water partition coefficient (Wildman–Crippen LogP) is 3.36. The number of rotatable bonds is 6. The Hall–Kier alpha value is -3.02. The average molecular weight is 396 g/mol. The smallest absolute Gasteiger partial charge is 0.224 e. The normalized spacial score (nSPS) is 14.6. The van der Waals surface area contributed by atoms with E-state index < -0.39 is 5.82 Å². The van der Waals surface area contributed by atoms with Crippen LogP contribution in [0.1, 0.15) is 40.7 Å². The molecule has 0 atom stereocenters.